The third-order valence-corrected chi connectivity index (χ3v) is 2.74. The van der Waals surface area contributed by atoms with Crippen molar-refractivity contribution in [3.63, 3.8) is 0 Å². The van der Waals surface area contributed by atoms with Crippen molar-refractivity contribution in [2.45, 2.75) is 25.8 Å². The van der Waals surface area contributed by atoms with Crippen LogP contribution < -0.4 is 15.2 Å². The minimum absolute atomic E-state index is 0.0443. The molecule has 0 spiro atoms. The quantitative estimate of drug-likeness (QED) is 0.636. The highest BCUT2D eigenvalue weighted by molar-refractivity contribution is 5.79. The minimum Gasteiger partial charge on any atom is -0.493 e. The highest BCUT2D eigenvalue weighted by atomic mass is 19.3. The lowest BCUT2D eigenvalue weighted by Crippen LogP contribution is -2.41. The van der Waals surface area contributed by atoms with Gasteiger partial charge in [0.05, 0.1) is 13.7 Å². The minimum atomic E-state index is -3.90. The Bertz CT molecular complexity index is 562. The van der Waals surface area contributed by atoms with E-state index < -0.39 is 23.9 Å². The van der Waals surface area contributed by atoms with E-state index in [9.17, 15) is 18.4 Å². The zero-order valence-electron chi connectivity index (χ0n) is 12.4. The number of alkyl halides is 2. The summed E-state index contributed by atoms with van der Waals surface area (Å²) in [5.41, 5.74) is 5.40. The van der Waals surface area contributed by atoms with Crippen molar-refractivity contribution in [2.75, 3.05) is 13.7 Å². The van der Waals surface area contributed by atoms with Gasteiger partial charge >= 0.3 is 17.9 Å². The number of methoxy groups -OCH3 is 1. The molecule has 0 saturated carbocycles. The van der Waals surface area contributed by atoms with Gasteiger partial charge in [-0.05, 0) is 24.6 Å². The first kappa shape index (κ1) is 17.8. The molecule has 1 aromatic rings. The third-order valence-electron chi connectivity index (χ3n) is 2.74. The van der Waals surface area contributed by atoms with E-state index in [0.717, 1.165) is 0 Å². The average Bonchev–Trinajstić information content (AvgIpc) is 2.46. The first-order valence-corrected chi connectivity index (χ1v) is 6.41. The Labute approximate surface area is 126 Å². The Kier molecular flexibility index (Phi) is 5.81. The van der Waals surface area contributed by atoms with Crippen molar-refractivity contribution in [3.05, 3.63) is 23.8 Å². The number of esters is 2. The summed E-state index contributed by atoms with van der Waals surface area (Å²) in [7, 11) is 1.28. The van der Waals surface area contributed by atoms with Crippen LogP contribution in [0.4, 0.5) is 8.78 Å². The average molecular weight is 317 g/mol. The number of benzene rings is 1. The monoisotopic (exact) mass is 317 g/mol. The molecule has 122 valence electrons. The van der Waals surface area contributed by atoms with Gasteiger partial charge in [-0.25, -0.2) is 4.79 Å². The van der Waals surface area contributed by atoms with Crippen LogP contribution in [0.1, 0.15) is 25.5 Å². The second kappa shape index (κ2) is 7.17. The molecule has 0 aromatic heterocycles. The SMILES string of the molecule is CCOC(=O)C(F)(F)[C@H](N)c1ccc(OC(C)=O)c(OC)c1. The lowest BCUT2D eigenvalue weighted by Gasteiger charge is -2.22. The Morgan fingerprint density at radius 1 is 1.32 bits per heavy atom. The molecule has 0 aliphatic carbocycles. The molecule has 1 atom stereocenters. The molecule has 6 nitrogen and oxygen atoms in total. The highest BCUT2D eigenvalue weighted by Gasteiger charge is 2.48. The maximum absolute atomic E-state index is 13.9. The molecule has 0 saturated heterocycles. The summed E-state index contributed by atoms with van der Waals surface area (Å²) in [6.07, 6.45) is 0. The normalized spacial score (nSPS) is 12.5. The van der Waals surface area contributed by atoms with Crippen LogP contribution in [-0.4, -0.2) is 31.6 Å². The summed E-state index contributed by atoms with van der Waals surface area (Å²) in [6, 6.07) is 1.73. The van der Waals surface area contributed by atoms with Crippen molar-refractivity contribution in [1.82, 2.24) is 0 Å². The van der Waals surface area contributed by atoms with Gasteiger partial charge in [-0.15, -0.1) is 0 Å². The van der Waals surface area contributed by atoms with Gasteiger partial charge in [0.2, 0.25) is 0 Å². The molecule has 1 aromatic carbocycles. The van der Waals surface area contributed by atoms with Gasteiger partial charge in [-0.2, -0.15) is 8.78 Å². The van der Waals surface area contributed by atoms with Crippen molar-refractivity contribution in [1.29, 1.82) is 0 Å². The Morgan fingerprint density at radius 3 is 2.45 bits per heavy atom. The standard InChI is InChI=1S/C14H17F2NO5/c1-4-21-13(19)14(15,16)12(17)9-5-6-10(22-8(2)18)11(7-9)20-3/h5-7,12H,4,17H2,1-3H3/t12-/m1/s1. The van der Waals surface area contributed by atoms with E-state index in [4.69, 9.17) is 15.2 Å². The lowest BCUT2D eigenvalue weighted by molar-refractivity contribution is -0.174. The molecule has 0 radical (unpaired) electrons. The molecule has 0 bridgehead atoms. The first-order valence-electron chi connectivity index (χ1n) is 6.41. The van der Waals surface area contributed by atoms with E-state index >= 15 is 0 Å². The lowest BCUT2D eigenvalue weighted by atomic mass is 10.0. The van der Waals surface area contributed by atoms with E-state index in [-0.39, 0.29) is 23.7 Å². The number of carbonyl (C=O) groups is 2. The van der Waals surface area contributed by atoms with Crippen molar-refractivity contribution >= 4 is 11.9 Å². The third kappa shape index (κ3) is 3.91. The summed E-state index contributed by atoms with van der Waals surface area (Å²) in [5.74, 6) is -6.09. The molecule has 0 unspecified atom stereocenters. The second-order valence-electron chi connectivity index (χ2n) is 4.33. The Hall–Kier alpha value is -2.22. The maximum Gasteiger partial charge on any atom is 0.379 e. The Balaban J connectivity index is 3.10. The molecule has 8 heteroatoms. The van der Waals surface area contributed by atoms with Crippen LogP contribution in [0.3, 0.4) is 0 Å². The molecule has 0 aliphatic rings. The summed E-state index contributed by atoms with van der Waals surface area (Å²) in [4.78, 5) is 22.2. The van der Waals surface area contributed by atoms with Crippen LogP contribution >= 0.6 is 0 Å². The number of nitrogens with two attached hydrogens (primary N) is 1. The van der Waals surface area contributed by atoms with Crippen LogP contribution in [0.15, 0.2) is 18.2 Å². The van der Waals surface area contributed by atoms with Crippen LogP contribution in [0.5, 0.6) is 11.5 Å². The summed E-state index contributed by atoms with van der Waals surface area (Å²) >= 11 is 0. The molecule has 0 heterocycles. The van der Waals surface area contributed by atoms with Gasteiger partial charge in [0.1, 0.15) is 6.04 Å². The van der Waals surface area contributed by atoms with Gasteiger partial charge in [-0.3, -0.25) is 4.79 Å². The predicted molar refractivity (Wildman–Crippen MR) is 72.8 cm³/mol. The number of ether oxygens (including phenoxy) is 3. The number of carbonyl (C=O) groups excluding carboxylic acids is 2. The summed E-state index contributed by atoms with van der Waals surface area (Å²) < 4.78 is 41.9. The topological polar surface area (TPSA) is 87.9 Å². The van der Waals surface area contributed by atoms with E-state index in [2.05, 4.69) is 4.74 Å². The van der Waals surface area contributed by atoms with E-state index in [1.807, 2.05) is 0 Å². The van der Waals surface area contributed by atoms with Crippen molar-refractivity contribution in [2.24, 2.45) is 5.73 Å². The fraction of sp³-hybridized carbons (Fsp3) is 0.429. The van der Waals surface area contributed by atoms with Gasteiger partial charge in [-0.1, -0.05) is 6.07 Å². The number of rotatable bonds is 6. The summed E-state index contributed by atoms with van der Waals surface area (Å²) in [6.45, 7) is 2.42. The molecule has 22 heavy (non-hydrogen) atoms. The maximum atomic E-state index is 13.9. The smallest absolute Gasteiger partial charge is 0.379 e. The second-order valence-corrected chi connectivity index (χ2v) is 4.33. The molecule has 2 N–H and O–H groups in total. The zero-order chi connectivity index (χ0) is 16.9. The molecular weight excluding hydrogens is 300 g/mol. The molecule has 0 amide bonds. The van der Waals surface area contributed by atoms with Crippen LogP contribution in [0.25, 0.3) is 0 Å². The van der Waals surface area contributed by atoms with E-state index in [0.29, 0.717) is 0 Å². The Morgan fingerprint density at radius 2 is 1.95 bits per heavy atom. The number of hydrogen-bond donors (Lipinski definition) is 1. The van der Waals surface area contributed by atoms with Gasteiger partial charge in [0.25, 0.3) is 0 Å². The number of halogens is 2. The summed E-state index contributed by atoms with van der Waals surface area (Å²) in [5, 5.41) is 0. The van der Waals surface area contributed by atoms with Gasteiger partial charge in [0, 0.05) is 6.92 Å². The van der Waals surface area contributed by atoms with Crippen molar-refractivity contribution in [3.8, 4) is 11.5 Å². The predicted octanol–water partition coefficient (Wildman–Crippen LogP) is 1.82. The van der Waals surface area contributed by atoms with Crippen LogP contribution in [0.2, 0.25) is 0 Å². The van der Waals surface area contributed by atoms with E-state index in [1.165, 1.54) is 39.2 Å². The molecular formula is C14H17F2NO5. The van der Waals surface area contributed by atoms with Crippen LogP contribution in [-0.2, 0) is 14.3 Å². The van der Waals surface area contributed by atoms with Crippen LogP contribution in [0, 0.1) is 0 Å². The highest BCUT2D eigenvalue weighted by Crippen LogP contribution is 2.35. The fourth-order valence-corrected chi connectivity index (χ4v) is 1.68. The van der Waals surface area contributed by atoms with E-state index in [1.54, 1.807) is 0 Å². The largest absolute Gasteiger partial charge is 0.493 e. The number of hydrogen-bond acceptors (Lipinski definition) is 6. The van der Waals surface area contributed by atoms with Gasteiger partial charge < -0.3 is 19.9 Å². The molecule has 0 fully saturated rings. The zero-order valence-corrected chi connectivity index (χ0v) is 12.4. The fourth-order valence-electron chi connectivity index (χ4n) is 1.68. The molecule has 1 rings (SSSR count). The van der Waals surface area contributed by atoms with Crippen molar-refractivity contribution < 1.29 is 32.6 Å². The molecule has 0 aliphatic heterocycles. The first-order chi connectivity index (χ1) is 10.2. The van der Waals surface area contributed by atoms with Gasteiger partial charge in [0.15, 0.2) is 11.5 Å².